The molecule has 0 heterocycles. The summed E-state index contributed by atoms with van der Waals surface area (Å²) < 4.78 is 0. The van der Waals surface area contributed by atoms with E-state index in [0.29, 0.717) is 6.42 Å². The van der Waals surface area contributed by atoms with E-state index in [9.17, 15) is 5.11 Å². The molecule has 13 heavy (non-hydrogen) atoms. The second-order valence-electron chi connectivity index (χ2n) is 4.13. The maximum Gasteiger partial charge on any atom is 0.130 e. The van der Waals surface area contributed by atoms with Crippen LogP contribution < -0.4 is 0 Å². The van der Waals surface area contributed by atoms with E-state index in [1.165, 1.54) is 12.8 Å². The fourth-order valence-corrected chi connectivity index (χ4v) is 1.37. The number of rotatable bonds is 7. The molecule has 1 atom stereocenters. The van der Waals surface area contributed by atoms with Gasteiger partial charge < -0.3 is 10.2 Å². The van der Waals surface area contributed by atoms with Crippen molar-refractivity contribution in [1.29, 1.82) is 0 Å². The molecule has 0 aromatic rings. The first kappa shape index (κ1) is 13.3. The third-order valence-electron chi connectivity index (χ3n) is 2.11. The Morgan fingerprint density at radius 2 is 1.85 bits per heavy atom. The molecule has 0 bridgehead atoms. The average molecular weight is 206 g/mol. The zero-order valence-electron chi connectivity index (χ0n) is 8.66. The van der Waals surface area contributed by atoms with Crippen molar-refractivity contribution in [1.82, 2.24) is 0 Å². The largest absolute Gasteiger partial charge is 0.392 e. The van der Waals surface area contributed by atoms with Crippen LogP contribution in [0.2, 0.25) is 0 Å². The van der Waals surface area contributed by atoms with Gasteiger partial charge >= 0.3 is 0 Å². The smallest absolute Gasteiger partial charge is 0.130 e. The molecule has 0 saturated carbocycles. The van der Waals surface area contributed by atoms with Crippen LogP contribution in [0.25, 0.3) is 0 Å². The monoisotopic (exact) mass is 206 g/mol. The van der Waals surface area contributed by atoms with Crippen LogP contribution in [0, 0.1) is 5.92 Å². The van der Waals surface area contributed by atoms with Gasteiger partial charge in [0.1, 0.15) is 4.93 Å². The van der Waals surface area contributed by atoms with Gasteiger partial charge in [0.25, 0.3) is 0 Å². The highest BCUT2D eigenvalue weighted by atomic mass is 32.1. The van der Waals surface area contributed by atoms with Crippen molar-refractivity contribution in [3.63, 3.8) is 0 Å². The van der Waals surface area contributed by atoms with E-state index >= 15 is 0 Å². The molecule has 0 radical (unpaired) electrons. The SMILES string of the molecule is CC(C)CCCCCC(O)(S)CO. The molecule has 0 aliphatic heterocycles. The maximum absolute atomic E-state index is 9.35. The Balaban J connectivity index is 3.26. The van der Waals surface area contributed by atoms with Gasteiger partial charge in [-0.2, -0.15) is 0 Å². The molecule has 0 amide bonds. The van der Waals surface area contributed by atoms with Crippen LogP contribution in [0.15, 0.2) is 0 Å². The van der Waals surface area contributed by atoms with Gasteiger partial charge in [-0.25, -0.2) is 0 Å². The van der Waals surface area contributed by atoms with Crippen LogP contribution in [0.4, 0.5) is 0 Å². The quantitative estimate of drug-likeness (QED) is 0.339. The second-order valence-corrected chi connectivity index (χ2v) is 4.97. The lowest BCUT2D eigenvalue weighted by atomic mass is 10.0. The predicted octanol–water partition coefficient (Wildman–Crippen LogP) is 2.20. The van der Waals surface area contributed by atoms with Gasteiger partial charge in [-0.05, 0) is 18.8 Å². The number of unbranched alkanes of at least 4 members (excludes halogenated alkanes) is 2. The Morgan fingerprint density at radius 1 is 1.23 bits per heavy atom. The third kappa shape index (κ3) is 8.60. The van der Waals surface area contributed by atoms with Crippen molar-refractivity contribution < 1.29 is 10.2 Å². The van der Waals surface area contributed by atoms with Crippen molar-refractivity contribution in [3.05, 3.63) is 0 Å². The lowest BCUT2D eigenvalue weighted by Crippen LogP contribution is -2.25. The average Bonchev–Trinajstić information content (AvgIpc) is 2.03. The number of thiol groups is 1. The van der Waals surface area contributed by atoms with Crippen molar-refractivity contribution in [2.45, 2.75) is 50.9 Å². The molecule has 2 nitrogen and oxygen atoms in total. The Hall–Kier alpha value is 0.270. The van der Waals surface area contributed by atoms with Crippen LogP contribution in [0.1, 0.15) is 46.0 Å². The van der Waals surface area contributed by atoms with Gasteiger partial charge in [0.15, 0.2) is 0 Å². The van der Waals surface area contributed by atoms with Gasteiger partial charge in [-0.3, -0.25) is 0 Å². The normalized spacial score (nSPS) is 16.2. The van der Waals surface area contributed by atoms with Gasteiger partial charge in [0, 0.05) is 0 Å². The summed E-state index contributed by atoms with van der Waals surface area (Å²) in [6, 6.07) is 0. The highest BCUT2D eigenvalue weighted by molar-refractivity contribution is 7.81. The Kier molecular flexibility index (Phi) is 6.82. The lowest BCUT2D eigenvalue weighted by Gasteiger charge is -2.18. The van der Waals surface area contributed by atoms with Gasteiger partial charge in [-0.15, -0.1) is 12.6 Å². The van der Waals surface area contributed by atoms with E-state index in [1.807, 2.05) is 0 Å². The highest BCUT2D eigenvalue weighted by Crippen LogP contribution is 2.19. The van der Waals surface area contributed by atoms with Crippen molar-refractivity contribution in [3.8, 4) is 0 Å². The van der Waals surface area contributed by atoms with Crippen LogP contribution in [0.5, 0.6) is 0 Å². The fraction of sp³-hybridized carbons (Fsp3) is 1.00. The van der Waals surface area contributed by atoms with Crippen LogP contribution in [-0.4, -0.2) is 21.8 Å². The predicted molar refractivity (Wildman–Crippen MR) is 58.9 cm³/mol. The molecule has 0 fully saturated rings. The van der Waals surface area contributed by atoms with Gasteiger partial charge in [0.05, 0.1) is 6.61 Å². The van der Waals surface area contributed by atoms with Gasteiger partial charge in [-0.1, -0.05) is 33.1 Å². The maximum atomic E-state index is 9.35. The molecule has 0 aliphatic rings. The first-order valence-electron chi connectivity index (χ1n) is 5.03. The summed E-state index contributed by atoms with van der Waals surface area (Å²) >= 11 is 3.93. The number of aliphatic hydroxyl groups excluding tert-OH is 1. The fourth-order valence-electron chi connectivity index (χ4n) is 1.22. The molecule has 2 N–H and O–H groups in total. The summed E-state index contributed by atoms with van der Waals surface area (Å²) in [5.74, 6) is 0.757. The van der Waals surface area contributed by atoms with E-state index in [0.717, 1.165) is 18.8 Å². The molecule has 0 rings (SSSR count). The van der Waals surface area contributed by atoms with E-state index in [-0.39, 0.29) is 6.61 Å². The van der Waals surface area contributed by atoms with Crippen LogP contribution >= 0.6 is 12.6 Å². The van der Waals surface area contributed by atoms with E-state index < -0.39 is 4.93 Å². The summed E-state index contributed by atoms with van der Waals surface area (Å²) in [6.07, 6.45) is 5.07. The molecule has 0 aromatic carbocycles. The summed E-state index contributed by atoms with van der Waals surface area (Å²) in [4.78, 5) is -1.17. The second kappa shape index (κ2) is 6.68. The summed E-state index contributed by atoms with van der Waals surface area (Å²) in [6.45, 7) is 4.16. The molecule has 80 valence electrons. The van der Waals surface area contributed by atoms with E-state index in [1.54, 1.807) is 0 Å². The minimum Gasteiger partial charge on any atom is -0.392 e. The molecule has 3 heteroatoms. The zero-order valence-corrected chi connectivity index (χ0v) is 9.56. The molecule has 0 aromatic heterocycles. The highest BCUT2D eigenvalue weighted by Gasteiger charge is 2.18. The third-order valence-corrected chi connectivity index (χ3v) is 2.48. The van der Waals surface area contributed by atoms with E-state index in [4.69, 9.17) is 5.11 Å². The minimum atomic E-state index is -1.17. The first-order chi connectivity index (χ1) is 5.98. The number of aliphatic hydroxyl groups is 2. The lowest BCUT2D eigenvalue weighted by molar-refractivity contribution is 0.0576. The van der Waals surface area contributed by atoms with Crippen LogP contribution in [-0.2, 0) is 0 Å². The van der Waals surface area contributed by atoms with E-state index in [2.05, 4.69) is 26.5 Å². The molecule has 0 saturated heterocycles. The topological polar surface area (TPSA) is 40.5 Å². The standard InChI is InChI=1S/C10H22O2S/c1-9(2)6-4-3-5-7-10(12,13)8-11/h9,11-13H,3-8H2,1-2H3. The molecule has 0 spiro atoms. The first-order valence-corrected chi connectivity index (χ1v) is 5.48. The zero-order chi connectivity index (χ0) is 10.3. The van der Waals surface area contributed by atoms with Crippen molar-refractivity contribution >= 4 is 12.6 Å². The van der Waals surface area contributed by atoms with Crippen molar-refractivity contribution in [2.24, 2.45) is 5.92 Å². The Labute approximate surface area is 86.8 Å². The number of hydrogen-bond donors (Lipinski definition) is 3. The minimum absolute atomic E-state index is 0.264. The Morgan fingerprint density at radius 3 is 2.31 bits per heavy atom. The summed E-state index contributed by atoms with van der Waals surface area (Å²) in [5, 5.41) is 18.1. The summed E-state index contributed by atoms with van der Waals surface area (Å²) in [5.41, 5.74) is 0. The Bertz CT molecular complexity index is 124. The molecular formula is C10H22O2S. The van der Waals surface area contributed by atoms with Gasteiger partial charge in [0.2, 0.25) is 0 Å². The number of hydrogen-bond acceptors (Lipinski definition) is 3. The van der Waals surface area contributed by atoms with Crippen LogP contribution in [0.3, 0.4) is 0 Å². The molecular weight excluding hydrogens is 184 g/mol. The van der Waals surface area contributed by atoms with Crippen molar-refractivity contribution in [2.75, 3.05) is 6.61 Å². The summed E-state index contributed by atoms with van der Waals surface area (Å²) in [7, 11) is 0. The molecule has 0 aliphatic carbocycles. The molecule has 1 unspecified atom stereocenters.